The lowest BCUT2D eigenvalue weighted by Crippen LogP contribution is -2.53. The summed E-state index contributed by atoms with van der Waals surface area (Å²) < 4.78 is 5.32. The molecule has 9 nitrogen and oxygen atoms in total. The molecule has 2 unspecified atom stereocenters. The number of ether oxygens (including phenoxy) is 1. The van der Waals surface area contributed by atoms with E-state index in [0.29, 0.717) is 17.7 Å². The van der Waals surface area contributed by atoms with E-state index in [0.717, 1.165) is 23.1 Å². The van der Waals surface area contributed by atoms with E-state index in [4.69, 9.17) is 10.5 Å². The van der Waals surface area contributed by atoms with Crippen molar-refractivity contribution in [2.45, 2.75) is 85.4 Å². The monoisotopic (exact) mass is 538 g/mol. The lowest BCUT2D eigenvalue weighted by molar-refractivity contribution is -0.142. The maximum atomic E-state index is 14.1. The Morgan fingerprint density at radius 2 is 1.62 bits per heavy atom. The maximum absolute atomic E-state index is 14.1. The molecule has 0 saturated carbocycles. The molecular formula is C30H42N4O5. The number of hydrogen-bond donors (Lipinski definition) is 3. The fraction of sp³-hybridized carbons (Fsp3) is 0.467. The second-order valence-electron chi connectivity index (χ2n) is 10.9. The predicted octanol–water partition coefficient (Wildman–Crippen LogP) is 4.69. The first-order valence-electron chi connectivity index (χ1n) is 13.2. The van der Waals surface area contributed by atoms with Crippen LogP contribution in [-0.2, 0) is 19.1 Å². The summed E-state index contributed by atoms with van der Waals surface area (Å²) in [5, 5.41) is 5.48. The van der Waals surface area contributed by atoms with Gasteiger partial charge in [-0.15, -0.1) is 0 Å². The second-order valence-corrected chi connectivity index (χ2v) is 10.9. The van der Waals surface area contributed by atoms with Gasteiger partial charge in [-0.2, -0.15) is 0 Å². The highest BCUT2D eigenvalue weighted by Crippen LogP contribution is 2.28. The van der Waals surface area contributed by atoms with E-state index in [9.17, 15) is 19.2 Å². The molecule has 4 amide bonds. The molecule has 39 heavy (non-hydrogen) atoms. The number of nitrogens with one attached hydrogen (secondary N) is 2. The molecule has 4 N–H and O–H groups in total. The highest BCUT2D eigenvalue weighted by atomic mass is 16.6. The molecule has 2 aromatic rings. The van der Waals surface area contributed by atoms with Crippen molar-refractivity contribution in [1.82, 2.24) is 10.2 Å². The summed E-state index contributed by atoms with van der Waals surface area (Å²) in [4.78, 5) is 54.0. The van der Waals surface area contributed by atoms with Crippen LogP contribution < -0.4 is 16.4 Å². The molecule has 0 fully saturated rings. The number of nitrogens with zero attached hydrogens (tertiary/aromatic N) is 1. The summed E-state index contributed by atoms with van der Waals surface area (Å²) in [5.41, 5.74) is 8.62. The highest BCUT2D eigenvalue weighted by molar-refractivity contribution is 6.00. The number of anilines is 1. The molecular weight excluding hydrogens is 496 g/mol. The zero-order chi connectivity index (χ0) is 29.3. The van der Waals surface area contributed by atoms with Crippen molar-refractivity contribution in [1.29, 1.82) is 0 Å². The van der Waals surface area contributed by atoms with E-state index in [1.807, 2.05) is 64.1 Å². The Bertz CT molecular complexity index is 1170. The van der Waals surface area contributed by atoms with Crippen LogP contribution in [0.25, 0.3) is 0 Å². The maximum Gasteiger partial charge on any atom is 0.408 e. The molecule has 0 radical (unpaired) electrons. The van der Waals surface area contributed by atoms with E-state index < -0.39 is 47.9 Å². The van der Waals surface area contributed by atoms with Gasteiger partial charge in [0.1, 0.15) is 17.7 Å². The smallest absolute Gasteiger partial charge is 0.408 e. The molecule has 9 heteroatoms. The molecule has 0 saturated heterocycles. The fourth-order valence-corrected chi connectivity index (χ4v) is 4.30. The van der Waals surface area contributed by atoms with Crippen LogP contribution in [0.1, 0.15) is 75.3 Å². The third-order valence-electron chi connectivity index (χ3n) is 5.95. The number of benzene rings is 2. The molecule has 0 heterocycles. The first-order chi connectivity index (χ1) is 18.2. The van der Waals surface area contributed by atoms with Crippen LogP contribution in [-0.4, -0.2) is 46.9 Å². The predicted molar refractivity (Wildman–Crippen MR) is 152 cm³/mol. The topological polar surface area (TPSA) is 131 Å². The summed E-state index contributed by atoms with van der Waals surface area (Å²) in [7, 11) is 0. The SMILES string of the molecule is CCCCN(C(=O)C(CC(N)=O)NC(=O)OC(C)(C)C)C(C(=O)Nc1ccccc1C)c1cc(C)cc(C)c1. The van der Waals surface area contributed by atoms with E-state index >= 15 is 0 Å². The molecule has 0 aromatic heterocycles. The minimum atomic E-state index is -1.31. The van der Waals surface area contributed by atoms with Crippen molar-refractivity contribution in [3.05, 3.63) is 64.7 Å². The van der Waals surface area contributed by atoms with E-state index in [-0.39, 0.29) is 6.54 Å². The summed E-state index contributed by atoms with van der Waals surface area (Å²) in [6.45, 7) is 13.0. The summed E-state index contributed by atoms with van der Waals surface area (Å²) in [6, 6.07) is 10.8. The minimum absolute atomic E-state index is 0.222. The minimum Gasteiger partial charge on any atom is -0.444 e. The Morgan fingerprint density at radius 3 is 2.15 bits per heavy atom. The molecule has 0 aliphatic carbocycles. The van der Waals surface area contributed by atoms with Crippen molar-refractivity contribution in [2.24, 2.45) is 5.73 Å². The van der Waals surface area contributed by atoms with Gasteiger partial charge in [0.2, 0.25) is 11.8 Å². The molecule has 0 spiro atoms. The third kappa shape index (κ3) is 9.74. The molecule has 2 rings (SSSR count). The van der Waals surface area contributed by atoms with Crippen LogP contribution in [0.2, 0.25) is 0 Å². The van der Waals surface area contributed by atoms with Crippen LogP contribution >= 0.6 is 0 Å². The van der Waals surface area contributed by atoms with Gasteiger partial charge in [0.15, 0.2) is 0 Å². The highest BCUT2D eigenvalue weighted by Gasteiger charge is 2.37. The molecule has 0 bridgehead atoms. The number of alkyl carbamates (subject to hydrolysis) is 1. The lowest BCUT2D eigenvalue weighted by Gasteiger charge is -2.34. The largest absolute Gasteiger partial charge is 0.444 e. The van der Waals surface area contributed by atoms with Crippen LogP contribution in [0.5, 0.6) is 0 Å². The Hall–Kier alpha value is -3.88. The lowest BCUT2D eigenvalue weighted by atomic mass is 9.97. The van der Waals surface area contributed by atoms with Crippen molar-refractivity contribution < 1.29 is 23.9 Å². The Balaban J connectivity index is 2.59. The number of rotatable bonds is 11. The van der Waals surface area contributed by atoms with Gasteiger partial charge >= 0.3 is 6.09 Å². The van der Waals surface area contributed by atoms with Gasteiger partial charge in [-0.05, 0) is 65.2 Å². The van der Waals surface area contributed by atoms with Gasteiger partial charge in [0.05, 0.1) is 6.42 Å². The number of para-hydroxylation sites is 1. The van der Waals surface area contributed by atoms with Crippen molar-refractivity contribution in [3.63, 3.8) is 0 Å². The van der Waals surface area contributed by atoms with Crippen LogP contribution in [0.4, 0.5) is 10.5 Å². The molecule has 2 atom stereocenters. The van der Waals surface area contributed by atoms with Crippen LogP contribution in [0.15, 0.2) is 42.5 Å². The van der Waals surface area contributed by atoms with Gasteiger partial charge in [0.25, 0.3) is 5.91 Å². The fourth-order valence-electron chi connectivity index (χ4n) is 4.30. The number of primary amides is 1. The van der Waals surface area contributed by atoms with E-state index in [1.165, 1.54) is 4.90 Å². The van der Waals surface area contributed by atoms with Gasteiger partial charge in [-0.1, -0.05) is 60.9 Å². The summed E-state index contributed by atoms with van der Waals surface area (Å²) in [6.07, 6.45) is 0.0490. The average molecular weight is 539 g/mol. The molecule has 0 aliphatic rings. The van der Waals surface area contributed by atoms with Crippen molar-refractivity contribution >= 4 is 29.5 Å². The number of aryl methyl sites for hydroxylation is 3. The van der Waals surface area contributed by atoms with Crippen molar-refractivity contribution in [2.75, 3.05) is 11.9 Å². The average Bonchev–Trinajstić information content (AvgIpc) is 2.80. The Morgan fingerprint density at radius 1 is 1.00 bits per heavy atom. The number of hydrogen-bond acceptors (Lipinski definition) is 5. The molecule has 212 valence electrons. The number of carbonyl (C=O) groups excluding carboxylic acids is 4. The number of carbonyl (C=O) groups is 4. The summed E-state index contributed by atoms with van der Waals surface area (Å²) >= 11 is 0. The number of amides is 4. The Kier molecular flexibility index (Phi) is 11.1. The third-order valence-corrected chi connectivity index (χ3v) is 5.95. The van der Waals surface area contributed by atoms with E-state index in [1.54, 1.807) is 26.8 Å². The van der Waals surface area contributed by atoms with Crippen LogP contribution in [0.3, 0.4) is 0 Å². The number of unbranched alkanes of at least 4 members (excludes halogenated alkanes) is 1. The van der Waals surface area contributed by atoms with Gasteiger partial charge in [-0.25, -0.2) is 4.79 Å². The molecule has 2 aromatic carbocycles. The van der Waals surface area contributed by atoms with Gasteiger partial charge in [0, 0.05) is 12.2 Å². The number of nitrogens with two attached hydrogens (primary N) is 1. The first-order valence-corrected chi connectivity index (χ1v) is 13.2. The molecule has 0 aliphatic heterocycles. The quantitative estimate of drug-likeness (QED) is 0.382. The van der Waals surface area contributed by atoms with Gasteiger partial charge in [-0.3, -0.25) is 14.4 Å². The van der Waals surface area contributed by atoms with Crippen molar-refractivity contribution in [3.8, 4) is 0 Å². The summed E-state index contributed by atoms with van der Waals surface area (Å²) in [5.74, 6) is -1.78. The zero-order valence-corrected chi connectivity index (χ0v) is 24.1. The zero-order valence-electron chi connectivity index (χ0n) is 24.1. The Labute approximate surface area is 231 Å². The van der Waals surface area contributed by atoms with Crippen LogP contribution in [0, 0.1) is 20.8 Å². The first kappa shape index (κ1) is 31.3. The van der Waals surface area contributed by atoms with E-state index in [2.05, 4.69) is 10.6 Å². The standard InChI is InChI=1S/C30H42N4O5/c1-8-9-14-34(28(37)24(18-25(31)35)33-29(38)39-30(5,6)7)26(22-16-19(2)15-20(3)17-22)27(36)32-23-13-11-10-12-21(23)4/h10-13,15-17,24,26H,8-9,14,18H2,1-7H3,(H2,31,35)(H,32,36)(H,33,38). The second kappa shape index (κ2) is 13.8. The van der Waals surface area contributed by atoms with Gasteiger partial charge < -0.3 is 26.0 Å². The normalized spacial score (nSPS) is 12.7.